The predicted molar refractivity (Wildman–Crippen MR) is 113 cm³/mol. The fourth-order valence-corrected chi connectivity index (χ4v) is 3.59. The maximum Gasteiger partial charge on any atom is 0.267 e. The number of hydrogen-bond acceptors (Lipinski definition) is 7. The fourth-order valence-electron chi connectivity index (χ4n) is 3.59. The third kappa shape index (κ3) is 3.52. The predicted octanol–water partition coefficient (Wildman–Crippen LogP) is 1.38. The van der Waals surface area contributed by atoms with E-state index in [1.165, 1.54) is 0 Å². The lowest BCUT2D eigenvalue weighted by Gasteiger charge is -2.06. The van der Waals surface area contributed by atoms with Crippen LogP contribution in [0.5, 0.6) is 5.75 Å². The molecule has 4 rings (SSSR count). The summed E-state index contributed by atoms with van der Waals surface area (Å²) in [6.07, 6.45) is 4.20. The fraction of sp³-hybridized carbons (Fsp3) is 0.350. The normalized spacial score (nSPS) is 11.5. The highest BCUT2D eigenvalue weighted by atomic mass is 16.5. The first-order valence-corrected chi connectivity index (χ1v) is 9.73. The van der Waals surface area contributed by atoms with Crippen molar-refractivity contribution in [1.82, 2.24) is 34.1 Å². The van der Waals surface area contributed by atoms with Gasteiger partial charge in [0.15, 0.2) is 11.6 Å². The molecule has 1 amide bonds. The molecule has 11 heteroatoms. The number of rotatable bonds is 7. The van der Waals surface area contributed by atoms with E-state index in [-0.39, 0.29) is 11.4 Å². The summed E-state index contributed by atoms with van der Waals surface area (Å²) >= 11 is 0. The molecule has 0 aliphatic heterocycles. The molecule has 4 aromatic heterocycles. The number of methoxy groups -OCH3 is 1. The number of imidazole rings is 1. The molecule has 0 saturated heterocycles. The first-order valence-electron chi connectivity index (χ1n) is 9.73. The molecule has 0 aliphatic carbocycles. The number of nitrogens with two attached hydrogens (primary N) is 1. The number of aromatic nitrogens is 7. The molecule has 0 unspecified atom stereocenters. The van der Waals surface area contributed by atoms with Crippen molar-refractivity contribution in [2.45, 2.75) is 19.9 Å². The van der Waals surface area contributed by atoms with Crippen molar-refractivity contribution in [2.75, 3.05) is 13.7 Å². The molecule has 31 heavy (non-hydrogen) atoms. The number of amides is 1. The lowest BCUT2D eigenvalue weighted by molar-refractivity contribution is 0.0996. The van der Waals surface area contributed by atoms with Crippen molar-refractivity contribution in [1.29, 1.82) is 0 Å². The van der Waals surface area contributed by atoms with E-state index in [0.717, 1.165) is 11.8 Å². The van der Waals surface area contributed by atoms with Crippen molar-refractivity contribution in [3.63, 3.8) is 0 Å². The van der Waals surface area contributed by atoms with Gasteiger partial charge in [-0.25, -0.2) is 9.97 Å². The average molecular weight is 424 g/mol. The zero-order valence-corrected chi connectivity index (χ0v) is 17.8. The third-order valence-corrected chi connectivity index (χ3v) is 5.14. The van der Waals surface area contributed by atoms with Gasteiger partial charge in [-0.05, 0) is 19.4 Å². The maximum atomic E-state index is 11.8. The van der Waals surface area contributed by atoms with E-state index < -0.39 is 5.91 Å². The lowest BCUT2D eigenvalue weighted by atomic mass is 10.2. The minimum Gasteiger partial charge on any atom is -0.504 e. The lowest BCUT2D eigenvalue weighted by Crippen LogP contribution is -2.14. The van der Waals surface area contributed by atoms with Gasteiger partial charge in [0.1, 0.15) is 28.5 Å². The number of primary amides is 1. The second kappa shape index (κ2) is 7.84. The van der Waals surface area contributed by atoms with Crippen LogP contribution in [0, 0.1) is 6.92 Å². The quantitative estimate of drug-likeness (QED) is 0.427. The minimum absolute atomic E-state index is 0.0763. The second-order valence-electron chi connectivity index (χ2n) is 7.33. The number of fused-ring (bicyclic) bond motifs is 1. The molecule has 0 atom stereocenters. The zero-order valence-electron chi connectivity index (χ0n) is 17.8. The standard InChI is InChI=1S/C20H24N8O3/c1-11-18(29)17(28(25-11)6-5-7-31-4)14-10-26(2)20(24-14)16-12-9-22-27(3)15(12)8-13(23-16)19(21)30/h8-10,29H,5-7H2,1-4H3,(H2,21,30). The zero-order chi connectivity index (χ0) is 22.3. The third-order valence-electron chi connectivity index (χ3n) is 5.14. The van der Waals surface area contributed by atoms with Gasteiger partial charge in [0.25, 0.3) is 5.91 Å². The summed E-state index contributed by atoms with van der Waals surface area (Å²) in [6.45, 7) is 2.89. The van der Waals surface area contributed by atoms with E-state index in [2.05, 4.69) is 15.2 Å². The van der Waals surface area contributed by atoms with Crippen LogP contribution in [0.2, 0.25) is 0 Å². The largest absolute Gasteiger partial charge is 0.504 e. The highest BCUT2D eigenvalue weighted by molar-refractivity contribution is 5.99. The summed E-state index contributed by atoms with van der Waals surface area (Å²) in [5, 5.41) is 20.1. The Balaban J connectivity index is 1.86. The van der Waals surface area contributed by atoms with E-state index in [1.807, 2.05) is 7.05 Å². The first kappa shape index (κ1) is 20.5. The highest BCUT2D eigenvalue weighted by Gasteiger charge is 2.23. The van der Waals surface area contributed by atoms with Crippen molar-refractivity contribution in [2.24, 2.45) is 19.8 Å². The van der Waals surface area contributed by atoms with Crippen LogP contribution >= 0.6 is 0 Å². The van der Waals surface area contributed by atoms with Crippen LogP contribution in [-0.4, -0.2) is 58.8 Å². The molecule has 0 fully saturated rings. The van der Waals surface area contributed by atoms with Crippen molar-refractivity contribution >= 4 is 16.8 Å². The molecule has 3 N–H and O–H groups in total. The number of nitrogens with zero attached hydrogens (tertiary/aromatic N) is 7. The molecule has 4 aromatic rings. The van der Waals surface area contributed by atoms with Gasteiger partial charge < -0.3 is 20.1 Å². The number of carbonyl (C=O) groups excluding carboxylic acids is 1. The summed E-state index contributed by atoms with van der Waals surface area (Å²) in [7, 11) is 5.24. The smallest absolute Gasteiger partial charge is 0.267 e. The number of ether oxygens (including phenoxy) is 1. The van der Waals surface area contributed by atoms with Crippen LogP contribution in [-0.2, 0) is 25.4 Å². The van der Waals surface area contributed by atoms with Gasteiger partial charge in [-0.3, -0.25) is 14.2 Å². The second-order valence-corrected chi connectivity index (χ2v) is 7.33. The Labute approximate surface area is 178 Å². The SMILES string of the molecule is COCCCn1nc(C)c(O)c1-c1cn(C)c(-c2nc(C(N)=O)cc3c2cnn3C)n1. The van der Waals surface area contributed by atoms with Gasteiger partial charge in [-0.2, -0.15) is 10.2 Å². The van der Waals surface area contributed by atoms with Crippen LogP contribution in [0.3, 0.4) is 0 Å². The van der Waals surface area contributed by atoms with Gasteiger partial charge >= 0.3 is 0 Å². The Morgan fingerprint density at radius 2 is 2.06 bits per heavy atom. The van der Waals surface area contributed by atoms with Crippen molar-refractivity contribution < 1.29 is 14.6 Å². The number of carbonyl (C=O) groups is 1. The molecule has 162 valence electrons. The number of hydrogen-bond donors (Lipinski definition) is 2. The summed E-state index contributed by atoms with van der Waals surface area (Å²) in [5.41, 5.74) is 8.38. The Hall–Kier alpha value is -3.73. The number of pyridine rings is 1. The Kier molecular flexibility index (Phi) is 5.19. The van der Waals surface area contributed by atoms with Crippen molar-refractivity contribution in [3.05, 3.63) is 29.8 Å². The van der Waals surface area contributed by atoms with E-state index in [0.29, 0.717) is 47.3 Å². The number of aryl methyl sites for hydroxylation is 4. The monoisotopic (exact) mass is 424 g/mol. The summed E-state index contributed by atoms with van der Waals surface area (Å²) in [6, 6.07) is 1.61. The highest BCUT2D eigenvalue weighted by Crippen LogP contribution is 2.34. The number of aromatic hydroxyl groups is 1. The van der Waals surface area contributed by atoms with Crippen LogP contribution < -0.4 is 5.73 Å². The molecule has 11 nitrogen and oxygen atoms in total. The Morgan fingerprint density at radius 1 is 1.29 bits per heavy atom. The van der Waals surface area contributed by atoms with Gasteiger partial charge in [-0.15, -0.1) is 0 Å². The molecule has 0 aliphatic rings. The van der Waals surface area contributed by atoms with Gasteiger partial charge in [-0.1, -0.05) is 0 Å². The van der Waals surface area contributed by atoms with Gasteiger partial charge in [0, 0.05) is 45.9 Å². The molecule has 0 saturated carbocycles. The van der Waals surface area contributed by atoms with E-state index >= 15 is 0 Å². The summed E-state index contributed by atoms with van der Waals surface area (Å²) in [4.78, 5) is 21.0. The summed E-state index contributed by atoms with van der Waals surface area (Å²) in [5.74, 6) is -0.0477. The first-order chi connectivity index (χ1) is 14.8. The van der Waals surface area contributed by atoms with E-state index in [1.54, 1.807) is 53.5 Å². The van der Waals surface area contributed by atoms with E-state index in [4.69, 9.17) is 15.5 Å². The molecule has 0 spiro atoms. The summed E-state index contributed by atoms with van der Waals surface area (Å²) < 4.78 is 10.3. The van der Waals surface area contributed by atoms with E-state index in [9.17, 15) is 9.90 Å². The average Bonchev–Trinajstić information content (AvgIpc) is 3.38. The van der Waals surface area contributed by atoms with Gasteiger partial charge in [0.05, 0.1) is 11.7 Å². The topological polar surface area (TPSA) is 139 Å². The molecule has 4 heterocycles. The van der Waals surface area contributed by atoms with Crippen LogP contribution in [0.15, 0.2) is 18.5 Å². The molecule has 0 radical (unpaired) electrons. The van der Waals surface area contributed by atoms with Crippen LogP contribution in [0.4, 0.5) is 0 Å². The van der Waals surface area contributed by atoms with Crippen LogP contribution in [0.1, 0.15) is 22.6 Å². The minimum atomic E-state index is -0.636. The Morgan fingerprint density at radius 3 is 2.77 bits per heavy atom. The van der Waals surface area contributed by atoms with Crippen LogP contribution in [0.25, 0.3) is 33.8 Å². The molecular weight excluding hydrogens is 400 g/mol. The molecule has 0 bridgehead atoms. The maximum absolute atomic E-state index is 11.8. The van der Waals surface area contributed by atoms with Crippen molar-refractivity contribution in [3.8, 4) is 28.7 Å². The molecular formula is C20H24N8O3. The van der Waals surface area contributed by atoms with Gasteiger partial charge in [0.2, 0.25) is 0 Å². The molecule has 0 aromatic carbocycles. The Bertz CT molecular complexity index is 1280.